The van der Waals surface area contributed by atoms with Crippen molar-refractivity contribution in [2.45, 2.75) is 39.5 Å². The predicted octanol–water partition coefficient (Wildman–Crippen LogP) is 2.83. The molecule has 1 nitrogen and oxygen atoms in total. The summed E-state index contributed by atoms with van der Waals surface area (Å²) in [6, 6.07) is 0. The van der Waals surface area contributed by atoms with Gasteiger partial charge < -0.3 is 0 Å². The van der Waals surface area contributed by atoms with Gasteiger partial charge >= 0.3 is 0 Å². The smallest absolute Gasteiger partial charge is 0.0165 e. The molecular formula is C11H21N. The van der Waals surface area contributed by atoms with Gasteiger partial charge in [-0.05, 0) is 25.8 Å². The summed E-state index contributed by atoms with van der Waals surface area (Å²) in [7, 11) is 0. The molecule has 70 valence electrons. The molecule has 1 aliphatic rings. The predicted molar refractivity (Wildman–Crippen MR) is 54.3 cm³/mol. The molecule has 0 aromatic carbocycles. The van der Waals surface area contributed by atoms with Crippen molar-refractivity contribution in [2.24, 2.45) is 0 Å². The SMILES string of the molecule is CCCCC1=CCN(CC)CC1. The molecule has 1 rings (SSSR count). The highest BCUT2D eigenvalue weighted by molar-refractivity contribution is 5.06. The zero-order chi connectivity index (χ0) is 8.81. The summed E-state index contributed by atoms with van der Waals surface area (Å²) in [6.45, 7) is 8.19. The molecule has 1 aliphatic heterocycles. The first kappa shape index (κ1) is 9.79. The molecule has 0 saturated heterocycles. The van der Waals surface area contributed by atoms with Crippen molar-refractivity contribution in [2.75, 3.05) is 19.6 Å². The van der Waals surface area contributed by atoms with Crippen molar-refractivity contribution in [3.8, 4) is 0 Å². The second kappa shape index (κ2) is 5.36. The normalized spacial score (nSPS) is 19.3. The Kier molecular flexibility index (Phi) is 4.37. The number of rotatable bonds is 4. The fourth-order valence-corrected chi connectivity index (χ4v) is 1.67. The van der Waals surface area contributed by atoms with Gasteiger partial charge in [-0.3, -0.25) is 4.90 Å². The molecule has 0 radical (unpaired) electrons. The quantitative estimate of drug-likeness (QED) is 0.582. The lowest BCUT2D eigenvalue weighted by Gasteiger charge is -2.24. The number of nitrogens with zero attached hydrogens (tertiary/aromatic N) is 1. The van der Waals surface area contributed by atoms with E-state index in [-0.39, 0.29) is 0 Å². The molecule has 0 saturated carbocycles. The van der Waals surface area contributed by atoms with E-state index in [4.69, 9.17) is 0 Å². The van der Waals surface area contributed by atoms with E-state index >= 15 is 0 Å². The number of hydrogen-bond acceptors (Lipinski definition) is 1. The highest BCUT2D eigenvalue weighted by Gasteiger charge is 2.08. The Morgan fingerprint density at radius 1 is 1.42 bits per heavy atom. The molecule has 0 N–H and O–H groups in total. The van der Waals surface area contributed by atoms with Crippen LogP contribution in [-0.2, 0) is 0 Å². The maximum Gasteiger partial charge on any atom is 0.0165 e. The molecule has 0 aromatic rings. The lowest BCUT2D eigenvalue weighted by Crippen LogP contribution is -2.28. The van der Waals surface area contributed by atoms with Crippen LogP contribution in [0.3, 0.4) is 0 Å². The minimum atomic E-state index is 1.19. The van der Waals surface area contributed by atoms with Gasteiger partial charge in [0.15, 0.2) is 0 Å². The van der Waals surface area contributed by atoms with Crippen LogP contribution in [0, 0.1) is 0 Å². The summed E-state index contributed by atoms with van der Waals surface area (Å²) in [5.74, 6) is 0. The highest BCUT2D eigenvalue weighted by Crippen LogP contribution is 2.16. The first-order valence-corrected chi connectivity index (χ1v) is 5.27. The molecule has 0 spiro atoms. The Bertz CT molecular complexity index is 149. The molecule has 0 atom stereocenters. The molecule has 0 unspecified atom stereocenters. The van der Waals surface area contributed by atoms with E-state index in [9.17, 15) is 0 Å². The number of likely N-dealkylation sites (N-methyl/N-ethyl adjacent to an activating group) is 1. The van der Waals surface area contributed by atoms with E-state index < -0.39 is 0 Å². The zero-order valence-electron chi connectivity index (χ0n) is 8.47. The third-order valence-electron chi connectivity index (χ3n) is 2.69. The summed E-state index contributed by atoms with van der Waals surface area (Å²) in [5.41, 5.74) is 1.70. The zero-order valence-corrected chi connectivity index (χ0v) is 8.47. The summed E-state index contributed by atoms with van der Waals surface area (Å²) in [6.07, 6.45) is 7.79. The van der Waals surface area contributed by atoms with Crippen LogP contribution in [0.5, 0.6) is 0 Å². The fraction of sp³-hybridized carbons (Fsp3) is 0.818. The van der Waals surface area contributed by atoms with Gasteiger partial charge in [0, 0.05) is 13.1 Å². The highest BCUT2D eigenvalue weighted by atomic mass is 15.1. The van der Waals surface area contributed by atoms with Gasteiger partial charge in [-0.25, -0.2) is 0 Å². The van der Waals surface area contributed by atoms with E-state index in [2.05, 4.69) is 24.8 Å². The van der Waals surface area contributed by atoms with E-state index in [0.29, 0.717) is 0 Å². The van der Waals surface area contributed by atoms with Crippen molar-refractivity contribution in [1.29, 1.82) is 0 Å². The second-order valence-electron chi connectivity index (χ2n) is 3.61. The summed E-state index contributed by atoms with van der Waals surface area (Å²) >= 11 is 0. The Morgan fingerprint density at radius 2 is 2.25 bits per heavy atom. The summed E-state index contributed by atoms with van der Waals surface area (Å²) in [4.78, 5) is 2.50. The lowest BCUT2D eigenvalue weighted by molar-refractivity contribution is 0.307. The van der Waals surface area contributed by atoms with Crippen molar-refractivity contribution in [1.82, 2.24) is 4.90 Å². The van der Waals surface area contributed by atoms with Crippen LogP contribution in [0.25, 0.3) is 0 Å². The monoisotopic (exact) mass is 167 g/mol. The van der Waals surface area contributed by atoms with E-state index in [1.54, 1.807) is 5.57 Å². The van der Waals surface area contributed by atoms with Gasteiger partial charge in [-0.2, -0.15) is 0 Å². The minimum Gasteiger partial charge on any atom is -0.300 e. The van der Waals surface area contributed by atoms with Gasteiger partial charge in [-0.15, -0.1) is 0 Å². The first-order valence-electron chi connectivity index (χ1n) is 5.27. The van der Waals surface area contributed by atoms with Crippen LogP contribution < -0.4 is 0 Å². The average Bonchev–Trinajstić information content (AvgIpc) is 2.15. The standard InChI is InChI=1S/C11H21N/c1-3-5-6-11-7-9-12(4-2)10-8-11/h7H,3-6,8-10H2,1-2H3. The van der Waals surface area contributed by atoms with Crippen LogP contribution in [0.15, 0.2) is 11.6 Å². The van der Waals surface area contributed by atoms with Gasteiger partial charge in [0.2, 0.25) is 0 Å². The van der Waals surface area contributed by atoms with E-state index in [1.807, 2.05) is 0 Å². The Balaban J connectivity index is 2.24. The van der Waals surface area contributed by atoms with Crippen LogP contribution in [0.1, 0.15) is 39.5 Å². The number of unbranched alkanes of at least 4 members (excludes halogenated alkanes) is 1. The maximum atomic E-state index is 2.50. The van der Waals surface area contributed by atoms with Crippen LogP contribution in [0.4, 0.5) is 0 Å². The molecule has 1 heteroatoms. The third-order valence-corrected chi connectivity index (χ3v) is 2.69. The molecule has 0 amide bonds. The third kappa shape index (κ3) is 2.98. The largest absolute Gasteiger partial charge is 0.300 e. The number of hydrogen-bond donors (Lipinski definition) is 0. The van der Waals surface area contributed by atoms with Crippen molar-refractivity contribution in [3.05, 3.63) is 11.6 Å². The van der Waals surface area contributed by atoms with E-state index in [0.717, 1.165) is 0 Å². The van der Waals surface area contributed by atoms with Gasteiger partial charge in [0.25, 0.3) is 0 Å². The Labute approximate surface area is 76.5 Å². The maximum absolute atomic E-state index is 2.50. The molecule has 0 bridgehead atoms. The van der Waals surface area contributed by atoms with Crippen LogP contribution in [-0.4, -0.2) is 24.5 Å². The molecule has 0 fully saturated rings. The molecule has 1 heterocycles. The molecule has 0 aliphatic carbocycles. The summed E-state index contributed by atoms with van der Waals surface area (Å²) < 4.78 is 0. The van der Waals surface area contributed by atoms with Gasteiger partial charge in [-0.1, -0.05) is 31.9 Å². The average molecular weight is 167 g/mol. The topological polar surface area (TPSA) is 3.24 Å². The van der Waals surface area contributed by atoms with Crippen molar-refractivity contribution >= 4 is 0 Å². The fourth-order valence-electron chi connectivity index (χ4n) is 1.67. The second-order valence-corrected chi connectivity index (χ2v) is 3.61. The Hall–Kier alpha value is -0.300. The summed E-state index contributed by atoms with van der Waals surface area (Å²) in [5, 5.41) is 0. The lowest BCUT2D eigenvalue weighted by atomic mass is 10.0. The van der Waals surface area contributed by atoms with Crippen LogP contribution in [0.2, 0.25) is 0 Å². The van der Waals surface area contributed by atoms with Gasteiger partial charge in [0.1, 0.15) is 0 Å². The molecule has 12 heavy (non-hydrogen) atoms. The Morgan fingerprint density at radius 3 is 2.75 bits per heavy atom. The van der Waals surface area contributed by atoms with E-state index in [1.165, 1.54) is 45.3 Å². The van der Waals surface area contributed by atoms with Gasteiger partial charge in [0.05, 0.1) is 0 Å². The minimum absolute atomic E-state index is 1.19. The first-order chi connectivity index (χ1) is 5.86. The van der Waals surface area contributed by atoms with Crippen molar-refractivity contribution in [3.63, 3.8) is 0 Å². The molecular weight excluding hydrogens is 146 g/mol. The van der Waals surface area contributed by atoms with Crippen molar-refractivity contribution < 1.29 is 0 Å². The van der Waals surface area contributed by atoms with Crippen LogP contribution >= 0.6 is 0 Å². The molecule has 0 aromatic heterocycles.